The van der Waals surface area contributed by atoms with Crippen molar-refractivity contribution in [2.45, 2.75) is 23.7 Å². The molecule has 0 spiro atoms. The van der Waals surface area contributed by atoms with Crippen LogP contribution in [0.5, 0.6) is 11.5 Å². The van der Waals surface area contributed by atoms with E-state index >= 15 is 4.39 Å². The number of aromatic nitrogens is 3. The molecule has 0 amide bonds. The molecular formula is C21H19F2N5O5S. The normalized spacial score (nSPS) is 13.8. The first-order chi connectivity index (χ1) is 16.3. The van der Waals surface area contributed by atoms with Crippen molar-refractivity contribution in [3.8, 4) is 11.5 Å². The summed E-state index contributed by atoms with van der Waals surface area (Å²) in [6, 6.07) is 6.65. The fourth-order valence-electron chi connectivity index (χ4n) is 3.63. The van der Waals surface area contributed by atoms with Crippen molar-refractivity contribution >= 4 is 38.3 Å². The van der Waals surface area contributed by atoms with E-state index < -0.39 is 26.6 Å². The smallest absolute Gasteiger partial charge is 0.269 e. The molecule has 0 saturated heterocycles. The largest absolute Gasteiger partial charge is 0.495 e. The predicted octanol–water partition coefficient (Wildman–Crippen LogP) is 4.27. The SMILES string of the molecule is COc1cccc(F)c1S(=O)(=O)Nc1noc2cc(Nc3cc(C4CC4)[nH]n3)c(F)c(OC)c12. The van der Waals surface area contributed by atoms with Gasteiger partial charge < -0.3 is 19.3 Å². The first kappa shape index (κ1) is 21.9. The molecule has 4 aromatic rings. The number of anilines is 3. The minimum absolute atomic E-state index is 0.0143. The number of hydrogen-bond donors (Lipinski definition) is 3. The maximum absolute atomic E-state index is 15.3. The summed E-state index contributed by atoms with van der Waals surface area (Å²) in [4.78, 5) is -0.726. The number of benzene rings is 2. The molecule has 2 heterocycles. The summed E-state index contributed by atoms with van der Waals surface area (Å²) >= 11 is 0. The van der Waals surface area contributed by atoms with Gasteiger partial charge in [0.05, 0.1) is 19.9 Å². The van der Waals surface area contributed by atoms with Crippen LogP contribution in [0.25, 0.3) is 11.0 Å². The first-order valence-corrected chi connectivity index (χ1v) is 11.6. The Kier molecular flexibility index (Phi) is 5.27. The second kappa shape index (κ2) is 8.17. The second-order valence-electron chi connectivity index (χ2n) is 7.66. The zero-order valence-electron chi connectivity index (χ0n) is 18.0. The summed E-state index contributed by atoms with van der Waals surface area (Å²) in [6.07, 6.45) is 2.15. The summed E-state index contributed by atoms with van der Waals surface area (Å²) in [7, 11) is -2.10. The minimum Gasteiger partial charge on any atom is -0.495 e. The van der Waals surface area contributed by atoms with Gasteiger partial charge >= 0.3 is 0 Å². The summed E-state index contributed by atoms with van der Waals surface area (Å²) in [5.41, 5.74) is 0.965. The van der Waals surface area contributed by atoms with E-state index in [4.69, 9.17) is 14.0 Å². The molecule has 1 aliphatic rings. The third kappa shape index (κ3) is 3.77. The number of ether oxygens (including phenoxy) is 2. The quantitative estimate of drug-likeness (QED) is 0.333. The first-order valence-electron chi connectivity index (χ1n) is 10.2. The number of methoxy groups -OCH3 is 2. The summed E-state index contributed by atoms with van der Waals surface area (Å²) in [5, 5.41) is 13.5. The zero-order chi connectivity index (χ0) is 24.0. The van der Waals surface area contributed by atoms with Gasteiger partial charge in [0.25, 0.3) is 10.0 Å². The lowest BCUT2D eigenvalue weighted by molar-refractivity contribution is 0.392. The van der Waals surface area contributed by atoms with Crippen LogP contribution in [-0.4, -0.2) is 38.0 Å². The molecule has 1 fully saturated rings. The number of H-pyrrole nitrogens is 1. The van der Waals surface area contributed by atoms with Crippen LogP contribution in [0.15, 0.2) is 39.8 Å². The summed E-state index contributed by atoms with van der Waals surface area (Å²) in [5.74, 6) is -1.94. The molecule has 0 atom stereocenters. The van der Waals surface area contributed by atoms with E-state index in [1.54, 1.807) is 6.07 Å². The minimum atomic E-state index is -4.52. The number of fused-ring (bicyclic) bond motifs is 1. The molecular weight excluding hydrogens is 472 g/mol. The van der Waals surface area contributed by atoms with Gasteiger partial charge in [0.15, 0.2) is 33.7 Å². The Balaban J connectivity index is 1.53. The number of halogens is 2. The Bertz CT molecular complexity index is 1500. The Morgan fingerprint density at radius 3 is 2.68 bits per heavy atom. The molecule has 13 heteroatoms. The molecule has 1 saturated carbocycles. The molecule has 0 aliphatic heterocycles. The molecule has 10 nitrogen and oxygen atoms in total. The van der Waals surface area contributed by atoms with Crippen molar-refractivity contribution in [3.05, 3.63) is 47.7 Å². The van der Waals surface area contributed by atoms with E-state index in [-0.39, 0.29) is 34.0 Å². The van der Waals surface area contributed by atoms with Crippen molar-refractivity contribution in [1.29, 1.82) is 0 Å². The van der Waals surface area contributed by atoms with E-state index in [2.05, 4.69) is 25.4 Å². The van der Waals surface area contributed by atoms with Gasteiger partial charge in [-0.2, -0.15) is 5.10 Å². The van der Waals surface area contributed by atoms with Gasteiger partial charge in [-0.15, -0.1) is 0 Å². The summed E-state index contributed by atoms with van der Waals surface area (Å²) < 4.78 is 73.1. The van der Waals surface area contributed by atoms with Gasteiger partial charge in [0.1, 0.15) is 17.0 Å². The van der Waals surface area contributed by atoms with Gasteiger partial charge in [-0.3, -0.25) is 9.82 Å². The topological polar surface area (TPSA) is 131 Å². The number of aromatic amines is 1. The van der Waals surface area contributed by atoms with E-state index in [1.165, 1.54) is 32.4 Å². The molecule has 0 radical (unpaired) electrons. The average Bonchev–Trinajstić information content (AvgIpc) is 3.44. The fourth-order valence-corrected chi connectivity index (χ4v) is 4.87. The highest BCUT2D eigenvalue weighted by Gasteiger charge is 2.29. The van der Waals surface area contributed by atoms with Crippen LogP contribution in [0.1, 0.15) is 24.5 Å². The molecule has 178 valence electrons. The Morgan fingerprint density at radius 1 is 1.18 bits per heavy atom. The Morgan fingerprint density at radius 2 is 1.97 bits per heavy atom. The van der Waals surface area contributed by atoms with Gasteiger partial charge in [0, 0.05) is 23.7 Å². The molecule has 3 N–H and O–H groups in total. The highest BCUT2D eigenvalue weighted by molar-refractivity contribution is 7.92. The van der Waals surface area contributed by atoms with Crippen LogP contribution in [-0.2, 0) is 10.0 Å². The van der Waals surface area contributed by atoms with Crippen molar-refractivity contribution in [1.82, 2.24) is 15.4 Å². The van der Waals surface area contributed by atoms with Crippen molar-refractivity contribution in [2.75, 3.05) is 24.3 Å². The van der Waals surface area contributed by atoms with E-state index in [9.17, 15) is 12.8 Å². The van der Waals surface area contributed by atoms with E-state index in [0.29, 0.717) is 11.7 Å². The third-order valence-corrected chi connectivity index (χ3v) is 6.78. The molecule has 34 heavy (non-hydrogen) atoms. The average molecular weight is 491 g/mol. The maximum atomic E-state index is 15.3. The van der Waals surface area contributed by atoms with E-state index in [0.717, 1.165) is 24.6 Å². The standard InChI is InChI=1S/C21H19F2N5O5S/c1-31-14-5-3-4-11(22)20(14)34(29,30)28-21-17-15(33-27-21)8-13(18(23)19(17)32-2)24-16-9-12(25-26-16)10-6-7-10/h3-5,8-10H,6-7H2,1-2H3,(H,27,28)(H2,24,25,26). The summed E-state index contributed by atoms with van der Waals surface area (Å²) in [6.45, 7) is 0. The molecule has 1 aliphatic carbocycles. The van der Waals surface area contributed by atoms with Crippen LogP contribution in [0, 0.1) is 11.6 Å². The number of hydrogen-bond acceptors (Lipinski definition) is 8. The zero-order valence-corrected chi connectivity index (χ0v) is 18.8. The van der Waals surface area contributed by atoms with Crippen LogP contribution < -0.4 is 19.5 Å². The van der Waals surface area contributed by atoms with Gasteiger partial charge in [-0.1, -0.05) is 11.2 Å². The highest BCUT2D eigenvalue weighted by Crippen LogP contribution is 2.42. The molecule has 2 aromatic carbocycles. The van der Waals surface area contributed by atoms with Crippen molar-refractivity contribution < 1.29 is 31.2 Å². The lowest BCUT2D eigenvalue weighted by atomic mass is 10.2. The van der Waals surface area contributed by atoms with Gasteiger partial charge in [-0.25, -0.2) is 17.2 Å². The van der Waals surface area contributed by atoms with E-state index in [1.807, 2.05) is 0 Å². The van der Waals surface area contributed by atoms with Crippen molar-refractivity contribution in [3.63, 3.8) is 0 Å². The van der Waals surface area contributed by atoms with Gasteiger partial charge in [-0.05, 0) is 25.0 Å². The van der Waals surface area contributed by atoms with Crippen LogP contribution >= 0.6 is 0 Å². The Labute approximate surface area is 192 Å². The second-order valence-corrected chi connectivity index (χ2v) is 9.28. The number of sulfonamides is 1. The Hall–Kier alpha value is -3.87. The molecule has 0 bridgehead atoms. The highest BCUT2D eigenvalue weighted by atomic mass is 32.2. The van der Waals surface area contributed by atoms with Crippen LogP contribution in [0.2, 0.25) is 0 Å². The monoisotopic (exact) mass is 491 g/mol. The number of rotatable bonds is 8. The maximum Gasteiger partial charge on any atom is 0.269 e. The fraction of sp³-hybridized carbons (Fsp3) is 0.238. The third-order valence-electron chi connectivity index (χ3n) is 5.39. The van der Waals surface area contributed by atoms with Crippen LogP contribution in [0.4, 0.5) is 26.1 Å². The van der Waals surface area contributed by atoms with Crippen molar-refractivity contribution in [2.24, 2.45) is 0 Å². The molecule has 5 rings (SSSR count). The number of nitrogens with zero attached hydrogens (tertiary/aromatic N) is 2. The number of nitrogens with one attached hydrogen (secondary N) is 3. The lowest BCUT2D eigenvalue weighted by Gasteiger charge is -2.12. The lowest BCUT2D eigenvalue weighted by Crippen LogP contribution is -2.16. The molecule has 2 aromatic heterocycles. The predicted molar refractivity (Wildman–Crippen MR) is 118 cm³/mol. The van der Waals surface area contributed by atoms with Crippen LogP contribution in [0.3, 0.4) is 0 Å². The van der Waals surface area contributed by atoms with Gasteiger partial charge in [0.2, 0.25) is 0 Å². The molecule has 0 unspecified atom stereocenters.